The molecule has 3 aromatic heterocycles. The maximum absolute atomic E-state index is 14.1. The molecule has 0 amide bonds. The van der Waals surface area contributed by atoms with Crippen molar-refractivity contribution in [1.29, 1.82) is 0 Å². The second kappa shape index (κ2) is 20.4. The van der Waals surface area contributed by atoms with Crippen molar-refractivity contribution in [2.75, 3.05) is 60.4 Å². The van der Waals surface area contributed by atoms with Crippen LogP contribution in [0.5, 0.6) is 0 Å². The largest absolute Gasteiger partial charge is 0.303 e. The normalized spacial score (nSPS) is 25.5. The van der Waals surface area contributed by atoms with Gasteiger partial charge < -0.3 is 14.7 Å². The number of pyridine rings is 3. The highest BCUT2D eigenvalue weighted by Crippen LogP contribution is 2.30. The first-order valence-corrected chi connectivity index (χ1v) is 21.4. The van der Waals surface area contributed by atoms with Crippen LogP contribution in [0.3, 0.4) is 0 Å². The Morgan fingerprint density at radius 3 is 0.912 bits per heavy atom. The van der Waals surface area contributed by atoms with Crippen LogP contribution < -0.4 is 0 Å². The zero-order valence-electron chi connectivity index (χ0n) is 37.5. The molecule has 318 valence electrons. The molecule has 0 saturated carbocycles. The summed E-state index contributed by atoms with van der Waals surface area (Å²) in [5.41, 5.74) is 7.51. The predicted octanol–water partition coefficient (Wildman–Crippen LogP) is 9.63. The first kappa shape index (κ1) is 46.8. The summed E-state index contributed by atoms with van der Waals surface area (Å²) < 4.78 is 42.2. The lowest BCUT2D eigenvalue weighted by Gasteiger charge is -2.32. The Morgan fingerprint density at radius 1 is 0.456 bits per heavy atom. The molecule has 0 aliphatic carbocycles. The van der Waals surface area contributed by atoms with Crippen molar-refractivity contribution in [2.24, 2.45) is 17.8 Å². The summed E-state index contributed by atoms with van der Waals surface area (Å²) in [5, 5.41) is 0. The van der Waals surface area contributed by atoms with Gasteiger partial charge in [-0.2, -0.15) is 0 Å². The lowest BCUT2D eigenvalue weighted by Crippen LogP contribution is -2.40. The van der Waals surface area contributed by atoms with Crippen molar-refractivity contribution >= 4 is 0 Å². The Morgan fingerprint density at radius 2 is 0.702 bits per heavy atom. The zero-order chi connectivity index (χ0) is 42.1. The smallest absolute Gasteiger partial charge is 0.116 e. The molecule has 0 radical (unpaired) electrons. The Hall–Kier alpha value is -2.88. The molecule has 3 aromatic rings. The van der Waals surface area contributed by atoms with Gasteiger partial charge in [0.05, 0.1) is 0 Å². The van der Waals surface area contributed by atoms with Crippen LogP contribution in [0.15, 0.2) is 55.4 Å². The summed E-state index contributed by atoms with van der Waals surface area (Å²) >= 11 is 0. The molecular formula is C48H75F3N6. The molecule has 3 aliphatic rings. The van der Waals surface area contributed by atoms with Gasteiger partial charge in [-0.05, 0) is 147 Å². The maximum atomic E-state index is 14.1. The van der Waals surface area contributed by atoms with Gasteiger partial charge in [-0.25, -0.2) is 13.2 Å². The summed E-state index contributed by atoms with van der Waals surface area (Å²) in [4.78, 5) is 19.2. The number of hydrogen-bond donors (Lipinski definition) is 0. The van der Waals surface area contributed by atoms with Crippen LogP contribution >= 0.6 is 0 Å². The van der Waals surface area contributed by atoms with Crippen molar-refractivity contribution in [2.45, 2.75) is 136 Å². The Labute approximate surface area is 344 Å². The molecule has 0 spiro atoms. The molecule has 9 heteroatoms. The van der Waals surface area contributed by atoms with Gasteiger partial charge in [0.15, 0.2) is 0 Å². The summed E-state index contributed by atoms with van der Waals surface area (Å²) in [6.45, 7) is 24.3. The quantitative estimate of drug-likeness (QED) is 0.248. The highest BCUT2D eigenvalue weighted by Gasteiger charge is 2.30. The molecule has 6 atom stereocenters. The fourth-order valence-electron chi connectivity index (χ4n) is 7.94. The summed E-state index contributed by atoms with van der Waals surface area (Å²) in [6.07, 6.45) is 14.6. The minimum absolute atomic E-state index is 0.102. The number of piperidine rings is 3. The minimum atomic E-state index is -0.711. The first-order valence-electron chi connectivity index (χ1n) is 21.4. The summed E-state index contributed by atoms with van der Waals surface area (Å²) in [5.74, 6) is 0.439. The Kier molecular flexibility index (Phi) is 16.7. The number of nitrogens with zero attached hydrogens (tertiary/aromatic N) is 6. The van der Waals surface area contributed by atoms with Crippen LogP contribution in [0.1, 0.15) is 115 Å². The van der Waals surface area contributed by atoms with Crippen molar-refractivity contribution in [3.8, 4) is 0 Å². The molecule has 57 heavy (non-hydrogen) atoms. The molecular weight excluding hydrogens is 718 g/mol. The van der Waals surface area contributed by atoms with Gasteiger partial charge >= 0.3 is 0 Å². The highest BCUT2D eigenvalue weighted by molar-refractivity contribution is 5.27. The van der Waals surface area contributed by atoms with E-state index < -0.39 is 18.5 Å². The van der Waals surface area contributed by atoms with Gasteiger partial charge in [0.25, 0.3) is 0 Å². The van der Waals surface area contributed by atoms with Gasteiger partial charge in [-0.3, -0.25) is 15.0 Å². The molecule has 3 aliphatic heterocycles. The lowest BCUT2D eigenvalue weighted by molar-refractivity contribution is 0.102. The van der Waals surface area contributed by atoms with Crippen molar-refractivity contribution in [1.82, 2.24) is 29.7 Å². The van der Waals surface area contributed by atoms with E-state index in [1.54, 1.807) is 0 Å². The first-order chi connectivity index (χ1) is 26.6. The number of alkyl halides is 3. The standard InChI is InChI=1S/3C16H25FN2/c3*1-16(2,3)14-8-12(9-18-10-14)7-13-5-6-19(4)11-15(13)17/h3*8-10,13,15H,5-7,11H2,1-4H3/t2*13-,15-;/m10./s1. The Balaban J connectivity index is 0.000000189. The molecule has 3 saturated heterocycles. The minimum Gasteiger partial charge on any atom is -0.303 e. The van der Waals surface area contributed by atoms with Crippen LogP contribution in [-0.4, -0.2) is 109 Å². The van der Waals surface area contributed by atoms with Crippen LogP contribution in [0.4, 0.5) is 13.2 Å². The van der Waals surface area contributed by atoms with E-state index in [0.29, 0.717) is 19.6 Å². The Bertz CT molecular complexity index is 1470. The topological polar surface area (TPSA) is 48.4 Å². The van der Waals surface area contributed by atoms with Gasteiger partial charge in [0.2, 0.25) is 0 Å². The maximum Gasteiger partial charge on any atom is 0.116 e. The van der Waals surface area contributed by atoms with E-state index in [4.69, 9.17) is 0 Å². The molecule has 6 nitrogen and oxygen atoms in total. The van der Waals surface area contributed by atoms with E-state index in [1.807, 2.05) is 58.3 Å². The summed E-state index contributed by atoms with van der Waals surface area (Å²) in [6, 6.07) is 6.58. The number of aromatic nitrogens is 3. The molecule has 0 N–H and O–H groups in total. The second-order valence-electron chi connectivity index (χ2n) is 20.6. The third-order valence-electron chi connectivity index (χ3n) is 12.1. The van der Waals surface area contributed by atoms with Crippen LogP contribution in [0.25, 0.3) is 0 Å². The SMILES string of the molecule is CN1CCC(Cc2cncc(C(C)(C)C)c2)C(F)C1.CN1CC[C@@H](Cc2cncc(C(C)(C)C)c2)[C@@H](F)C1.CN1CC[C@H](Cc2cncc(C(C)(C)C)c2)[C@H](F)C1. The highest BCUT2D eigenvalue weighted by atomic mass is 19.1. The number of rotatable bonds is 6. The molecule has 3 fully saturated rings. The molecule has 6 rings (SSSR count). The van der Waals surface area contributed by atoms with Crippen LogP contribution in [0, 0.1) is 17.8 Å². The van der Waals surface area contributed by atoms with E-state index in [9.17, 15) is 13.2 Å². The van der Waals surface area contributed by atoms with Gasteiger partial charge in [0.1, 0.15) is 18.5 Å². The van der Waals surface area contributed by atoms with Crippen LogP contribution in [-0.2, 0) is 35.5 Å². The van der Waals surface area contributed by atoms with Gasteiger partial charge in [-0.15, -0.1) is 0 Å². The fourth-order valence-corrected chi connectivity index (χ4v) is 7.94. The van der Waals surface area contributed by atoms with Gasteiger partial charge in [-0.1, -0.05) is 80.5 Å². The average Bonchev–Trinajstić information content (AvgIpc) is 3.12. The monoisotopic (exact) mass is 793 g/mol. The number of likely N-dealkylation sites (tertiary alicyclic amines) is 3. The van der Waals surface area contributed by atoms with Gasteiger partial charge in [0, 0.05) is 56.8 Å². The van der Waals surface area contributed by atoms with Crippen molar-refractivity contribution < 1.29 is 13.2 Å². The number of halogens is 3. The molecule has 0 aromatic carbocycles. The third-order valence-corrected chi connectivity index (χ3v) is 12.1. The van der Waals surface area contributed by atoms with E-state index in [1.165, 1.54) is 33.4 Å². The average molecular weight is 793 g/mol. The summed E-state index contributed by atoms with van der Waals surface area (Å²) in [7, 11) is 5.97. The van der Waals surface area contributed by atoms with Crippen LogP contribution in [0.2, 0.25) is 0 Å². The molecule has 0 bridgehead atoms. The van der Waals surface area contributed by atoms with Crippen molar-refractivity contribution in [3.05, 3.63) is 88.8 Å². The third kappa shape index (κ3) is 15.0. The molecule has 6 heterocycles. The zero-order valence-corrected chi connectivity index (χ0v) is 37.5. The van der Waals surface area contributed by atoms with E-state index >= 15 is 0 Å². The number of hydrogen-bond acceptors (Lipinski definition) is 6. The van der Waals surface area contributed by atoms with E-state index in [0.717, 1.165) is 58.2 Å². The van der Waals surface area contributed by atoms with Crippen molar-refractivity contribution in [3.63, 3.8) is 0 Å². The van der Waals surface area contributed by atoms with E-state index in [2.05, 4.69) is 110 Å². The second-order valence-corrected chi connectivity index (χ2v) is 20.6. The predicted molar refractivity (Wildman–Crippen MR) is 231 cm³/mol. The fraction of sp³-hybridized carbons (Fsp3) is 0.688. The molecule has 2 unspecified atom stereocenters. The van der Waals surface area contributed by atoms with E-state index in [-0.39, 0.29) is 34.0 Å². The lowest BCUT2D eigenvalue weighted by atomic mass is 9.85.